The third-order valence-corrected chi connectivity index (χ3v) is 6.34. The standard InChI is InChI=1S/C20H19FN6O3S2/c1-4-30-19(29)24-18-25-26-20(32-18)31-10-16(28)23-17-15(9-22)11(2)12(3)27(17)14-7-5-6-13(21)8-14/h5-8H,4,10H2,1-3H3,(H,23,28)(H,24,25,29). The highest BCUT2D eigenvalue weighted by Gasteiger charge is 2.21. The molecule has 32 heavy (non-hydrogen) atoms. The van der Waals surface area contributed by atoms with Gasteiger partial charge in [-0.25, -0.2) is 9.18 Å². The Hall–Kier alpha value is -3.43. The van der Waals surface area contributed by atoms with E-state index in [1.165, 1.54) is 12.1 Å². The summed E-state index contributed by atoms with van der Waals surface area (Å²) in [7, 11) is 0. The average molecular weight is 475 g/mol. The molecule has 3 rings (SSSR count). The summed E-state index contributed by atoms with van der Waals surface area (Å²) in [5.74, 6) is -0.536. The molecule has 0 radical (unpaired) electrons. The van der Waals surface area contributed by atoms with Gasteiger partial charge in [-0.2, -0.15) is 5.26 Å². The van der Waals surface area contributed by atoms with E-state index >= 15 is 0 Å². The summed E-state index contributed by atoms with van der Waals surface area (Å²) in [5, 5.41) is 22.8. The van der Waals surface area contributed by atoms with Crippen LogP contribution >= 0.6 is 23.1 Å². The quantitative estimate of drug-likeness (QED) is 0.388. The number of rotatable bonds is 7. The van der Waals surface area contributed by atoms with Crippen molar-refractivity contribution in [2.75, 3.05) is 23.0 Å². The highest BCUT2D eigenvalue weighted by atomic mass is 32.2. The van der Waals surface area contributed by atoms with Crippen LogP contribution in [0.1, 0.15) is 23.7 Å². The molecule has 2 N–H and O–H groups in total. The van der Waals surface area contributed by atoms with Gasteiger partial charge in [0.2, 0.25) is 11.0 Å². The fraction of sp³-hybridized carbons (Fsp3) is 0.250. The van der Waals surface area contributed by atoms with Crippen molar-refractivity contribution in [3.8, 4) is 11.8 Å². The van der Waals surface area contributed by atoms with E-state index in [1.54, 1.807) is 37.5 Å². The molecule has 0 aliphatic heterocycles. The first-order valence-corrected chi connectivity index (χ1v) is 11.2. The van der Waals surface area contributed by atoms with E-state index in [0.717, 1.165) is 23.1 Å². The predicted octanol–water partition coefficient (Wildman–Crippen LogP) is 4.26. The van der Waals surface area contributed by atoms with E-state index < -0.39 is 11.9 Å². The number of hydrogen-bond donors (Lipinski definition) is 2. The molecular weight excluding hydrogens is 455 g/mol. The number of nitrogens with one attached hydrogen (secondary N) is 2. The molecule has 0 saturated carbocycles. The molecule has 1 aromatic carbocycles. The van der Waals surface area contributed by atoms with Gasteiger partial charge in [-0.15, -0.1) is 10.2 Å². The summed E-state index contributed by atoms with van der Waals surface area (Å²) < 4.78 is 20.7. The Morgan fingerprint density at radius 3 is 2.78 bits per heavy atom. The molecule has 0 saturated heterocycles. The van der Waals surface area contributed by atoms with Crippen molar-refractivity contribution in [2.45, 2.75) is 25.1 Å². The molecule has 166 valence electrons. The number of amides is 2. The van der Waals surface area contributed by atoms with E-state index in [2.05, 4.69) is 26.9 Å². The number of halogens is 1. The summed E-state index contributed by atoms with van der Waals surface area (Å²) >= 11 is 2.23. The number of carbonyl (C=O) groups excluding carboxylic acids is 2. The van der Waals surface area contributed by atoms with Crippen LogP contribution in [0.5, 0.6) is 0 Å². The molecule has 0 fully saturated rings. The second-order valence-corrected chi connectivity index (χ2v) is 8.62. The lowest BCUT2D eigenvalue weighted by Gasteiger charge is -2.13. The van der Waals surface area contributed by atoms with Gasteiger partial charge in [-0.1, -0.05) is 29.2 Å². The van der Waals surface area contributed by atoms with Crippen LogP contribution in [0.25, 0.3) is 5.69 Å². The first-order valence-electron chi connectivity index (χ1n) is 9.41. The Kier molecular flexibility index (Phi) is 7.45. The third-order valence-electron chi connectivity index (χ3n) is 4.37. The number of thioether (sulfide) groups is 1. The fourth-order valence-electron chi connectivity index (χ4n) is 2.87. The van der Waals surface area contributed by atoms with Crippen molar-refractivity contribution < 1.29 is 18.7 Å². The molecular formula is C20H19FN6O3S2. The van der Waals surface area contributed by atoms with Crippen LogP contribution in [0.3, 0.4) is 0 Å². The molecule has 2 amide bonds. The molecule has 9 nitrogen and oxygen atoms in total. The Balaban J connectivity index is 1.74. The topological polar surface area (TPSA) is 122 Å². The van der Waals surface area contributed by atoms with Crippen molar-refractivity contribution in [3.63, 3.8) is 0 Å². The minimum Gasteiger partial charge on any atom is -0.450 e. The predicted molar refractivity (Wildman–Crippen MR) is 120 cm³/mol. The molecule has 3 aromatic rings. The average Bonchev–Trinajstić information content (AvgIpc) is 3.28. The largest absolute Gasteiger partial charge is 0.450 e. The molecule has 0 atom stereocenters. The summed E-state index contributed by atoms with van der Waals surface area (Å²) in [4.78, 5) is 24.1. The number of nitrogens with zero attached hydrogens (tertiary/aromatic N) is 4. The van der Waals surface area contributed by atoms with Crippen LogP contribution in [-0.2, 0) is 9.53 Å². The Labute approximate surface area is 191 Å². The molecule has 2 heterocycles. The fourth-order valence-corrected chi connectivity index (χ4v) is 4.41. The van der Waals surface area contributed by atoms with Crippen LogP contribution in [0.2, 0.25) is 0 Å². The van der Waals surface area contributed by atoms with Crippen molar-refractivity contribution in [3.05, 3.63) is 46.9 Å². The first kappa shape index (κ1) is 23.2. The third kappa shape index (κ3) is 5.24. The highest BCUT2D eigenvalue weighted by Crippen LogP contribution is 2.31. The second-order valence-electron chi connectivity index (χ2n) is 6.42. The second kappa shape index (κ2) is 10.3. The van der Waals surface area contributed by atoms with E-state index in [0.29, 0.717) is 26.8 Å². The molecule has 0 bridgehead atoms. The van der Waals surface area contributed by atoms with Gasteiger partial charge in [0.15, 0.2) is 4.34 Å². The van der Waals surface area contributed by atoms with Crippen molar-refractivity contribution >= 4 is 46.0 Å². The molecule has 0 aliphatic carbocycles. The van der Waals surface area contributed by atoms with Gasteiger partial charge < -0.3 is 10.1 Å². The normalized spacial score (nSPS) is 10.5. The molecule has 0 aliphatic rings. The molecule has 12 heteroatoms. The van der Waals surface area contributed by atoms with Gasteiger partial charge in [0, 0.05) is 5.69 Å². The van der Waals surface area contributed by atoms with Gasteiger partial charge in [0.25, 0.3) is 0 Å². The Morgan fingerprint density at radius 1 is 1.31 bits per heavy atom. The van der Waals surface area contributed by atoms with Crippen molar-refractivity contribution in [1.82, 2.24) is 14.8 Å². The number of ether oxygens (including phenoxy) is 1. The van der Waals surface area contributed by atoms with Crippen LogP contribution in [0.4, 0.5) is 20.1 Å². The lowest BCUT2D eigenvalue weighted by molar-refractivity contribution is -0.113. The van der Waals surface area contributed by atoms with Gasteiger partial charge >= 0.3 is 6.09 Å². The zero-order valence-electron chi connectivity index (χ0n) is 17.4. The lowest BCUT2D eigenvalue weighted by atomic mass is 10.2. The number of aromatic nitrogens is 3. The van der Waals surface area contributed by atoms with Gasteiger partial charge in [0.05, 0.1) is 23.6 Å². The maximum absolute atomic E-state index is 13.8. The number of hydrogen-bond acceptors (Lipinski definition) is 8. The van der Waals surface area contributed by atoms with E-state index in [4.69, 9.17) is 4.74 Å². The van der Waals surface area contributed by atoms with E-state index in [1.807, 2.05) is 0 Å². The van der Waals surface area contributed by atoms with Gasteiger partial charge in [-0.05, 0) is 44.5 Å². The van der Waals surface area contributed by atoms with E-state index in [9.17, 15) is 19.2 Å². The lowest BCUT2D eigenvalue weighted by Crippen LogP contribution is -2.17. The number of anilines is 2. The molecule has 0 spiro atoms. The smallest absolute Gasteiger partial charge is 0.413 e. The van der Waals surface area contributed by atoms with E-state index in [-0.39, 0.29) is 29.2 Å². The number of carbonyl (C=O) groups is 2. The summed E-state index contributed by atoms with van der Waals surface area (Å²) in [5.41, 5.74) is 2.21. The van der Waals surface area contributed by atoms with Gasteiger partial charge in [-0.3, -0.25) is 14.7 Å². The summed E-state index contributed by atoms with van der Waals surface area (Å²) in [6.45, 7) is 5.48. The summed E-state index contributed by atoms with van der Waals surface area (Å²) in [6.07, 6.45) is -0.633. The van der Waals surface area contributed by atoms with Crippen LogP contribution in [0, 0.1) is 31.0 Å². The maximum atomic E-state index is 13.8. The minimum absolute atomic E-state index is 0.00860. The zero-order chi connectivity index (χ0) is 23.3. The molecule has 0 unspecified atom stereocenters. The Bertz CT molecular complexity index is 1200. The SMILES string of the molecule is CCOC(=O)Nc1nnc(SCC(=O)Nc2c(C#N)c(C)c(C)n2-c2cccc(F)c2)s1. The van der Waals surface area contributed by atoms with Crippen LogP contribution in [0.15, 0.2) is 28.6 Å². The van der Waals surface area contributed by atoms with Crippen LogP contribution in [-0.4, -0.2) is 39.1 Å². The first-order chi connectivity index (χ1) is 15.3. The van der Waals surface area contributed by atoms with Crippen molar-refractivity contribution in [2.24, 2.45) is 0 Å². The van der Waals surface area contributed by atoms with Crippen molar-refractivity contribution in [1.29, 1.82) is 5.26 Å². The van der Waals surface area contributed by atoms with Crippen LogP contribution < -0.4 is 10.6 Å². The maximum Gasteiger partial charge on any atom is 0.413 e. The monoisotopic (exact) mass is 474 g/mol. The van der Waals surface area contributed by atoms with Gasteiger partial charge in [0.1, 0.15) is 17.7 Å². The Morgan fingerprint density at radius 2 is 2.09 bits per heavy atom. The number of nitriles is 1. The zero-order valence-corrected chi connectivity index (χ0v) is 19.1. The molecule has 2 aromatic heterocycles. The minimum atomic E-state index is -0.633. The summed E-state index contributed by atoms with van der Waals surface area (Å²) in [6, 6.07) is 8.02. The highest BCUT2D eigenvalue weighted by molar-refractivity contribution is 8.01. The number of benzene rings is 1.